The molecule has 0 bridgehead atoms. The van der Waals surface area contributed by atoms with Gasteiger partial charge in [-0.05, 0) is 58.1 Å². The van der Waals surface area contributed by atoms with Crippen molar-refractivity contribution in [3.63, 3.8) is 0 Å². The first-order valence-electron chi connectivity index (χ1n) is 10.3. The Morgan fingerprint density at radius 2 is 1.39 bits per heavy atom. The third-order valence-corrected chi connectivity index (χ3v) is 5.64. The van der Waals surface area contributed by atoms with E-state index in [2.05, 4.69) is 0 Å². The molecular weight excluding hydrogens is 400 g/mol. The highest BCUT2D eigenvalue weighted by molar-refractivity contribution is 5.83. The first-order chi connectivity index (χ1) is 15.0. The van der Waals surface area contributed by atoms with Crippen molar-refractivity contribution in [3.05, 3.63) is 107 Å². The van der Waals surface area contributed by atoms with E-state index < -0.39 is 29.5 Å². The second kappa shape index (κ2) is 8.93. The Morgan fingerprint density at radius 3 is 2.06 bits per heavy atom. The second-order valence-electron chi connectivity index (χ2n) is 7.80. The summed E-state index contributed by atoms with van der Waals surface area (Å²) in [4.78, 5) is 0. The quantitative estimate of drug-likeness (QED) is 0.273. The zero-order chi connectivity index (χ0) is 22.0. The van der Waals surface area contributed by atoms with Gasteiger partial charge in [-0.15, -0.1) is 0 Å². The normalized spacial score (nSPS) is 13.3. The summed E-state index contributed by atoms with van der Waals surface area (Å²) < 4.78 is 57.6. The second-order valence-corrected chi connectivity index (χ2v) is 7.80. The summed E-state index contributed by atoms with van der Waals surface area (Å²) in [5.41, 5.74) is 1.27. The summed E-state index contributed by atoms with van der Waals surface area (Å²) in [6.45, 7) is 1.96. The number of hydrogen-bond acceptors (Lipinski definition) is 0. The van der Waals surface area contributed by atoms with E-state index in [1.807, 2.05) is 43.3 Å². The van der Waals surface area contributed by atoms with Gasteiger partial charge in [-0.2, -0.15) is 0 Å². The Bertz CT molecular complexity index is 1190. The molecule has 2 atom stereocenters. The molecule has 0 aliphatic heterocycles. The summed E-state index contributed by atoms with van der Waals surface area (Å²) in [5, 5.41) is 1.98. The Balaban J connectivity index is 1.69. The molecule has 0 aromatic heterocycles. The first kappa shape index (κ1) is 21.1. The fourth-order valence-electron chi connectivity index (χ4n) is 4.11. The molecule has 0 aliphatic carbocycles. The van der Waals surface area contributed by atoms with Crippen LogP contribution in [0.2, 0.25) is 0 Å². The number of benzene rings is 4. The van der Waals surface area contributed by atoms with Crippen LogP contribution in [-0.4, -0.2) is 0 Å². The number of alkyl halides is 1. The molecular formula is C27H22F4. The van der Waals surface area contributed by atoms with Crippen LogP contribution in [0, 0.1) is 17.5 Å². The first-order valence-corrected chi connectivity index (χ1v) is 10.3. The fourth-order valence-corrected chi connectivity index (χ4v) is 4.11. The average molecular weight is 422 g/mol. The Morgan fingerprint density at radius 1 is 0.710 bits per heavy atom. The van der Waals surface area contributed by atoms with Crippen LogP contribution < -0.4 is 0 Å². The fraction of sp³-hybridized carbons (Fsp3) is 0.185. The Kier molecular flexibility index (Phi) is 6.08. The van der Waals surface area contributed by atoms with Gasteiger partial charge in [-0.1, -0.05) is 61.9 Å². The van der Waals surface area contributed by atoms with Gasteiger partial charge in [0.15, 0.2) is 0 Å². The number of rotatable bonds is 6. The standard InChI is InChI=1S/C27H22F4/c1-2-5-25(27(31)20-9-8-17-6-3-4-7-18(17)12-20)19-10-11-24(26(30)15-19)21-13-22(28)16-23(29)14-21/h3-4,6-16,25,27H,2,5H2,1H3. The van der Waals surface area contributed by atoms with Crippen LogP contribution in [0.5, 0.6) is 0 Å². The lowest BCUT2D eigenvalue weighted by molar-refractivity contribution is 0.276. The Hall–Kier alpha value is -3.14. The molecule has 158 valence electrons. The number of hydrogen-bond donors (Lipinski definition) is 0. The molecule has 2 unspecified atom stereocenters. The van der Waals surface area contributed by atoms with Crippen LogP contribution in [0.1, 0.15) is 43.0 Å². The van der Waals surface area contributed by atoms with Crippen LogP contribution in [0.3, 0.4) is 0 Å². The van der Waals surface area contributed by atoms with Crippen LogP contribution in [0.15, 0.2) is 78.9 Å². The van der Waals surface area contributed by atoms with E-state index in [0.717, 1.165) is 35.4 Å². The monoisotopic (exact) mass is 422 g/mol. The van der Waals surface area contributed by atoms with Crippen molar-refractivity contribution in [2.24, 2.45) is 0 Å². The molecule has 0 saturated carbocycles. The van der Waals surface area contributed by atoms with E-state index >= 15 is 4.39 Å². The van der Waals surface area contributed by atoms with E-state index in [4.69, 9.17) is 0 Å². The molecule has 0 radical (unpaired) electrons. The third-order valence-electron chi connectivity index (χ3n) is 5.64. The van der Waals surface area contributed by atoms with Crippen molar-refractivity contribution in [1.29, 1.82) is 0 Å². The highest BCUT2D eigenvalue weighted by atomic mass is 19.1. The van der Waals surface area contributed by atoms with E-state index in [1.54, 1.807) is 12.1 Å². The maximum absolute atomic E-state index is 15.6. The summed E-state index contributed by atoms with van der Waals surface area (Å²) in [6, 6.07) is 20.6. The molecule has 0 spiro atoms. The van der Waals surface area contributed by atoms with Crippen molar-refractivity contribution in [2.75, 3.05) is 0 Å². The Labute approximate surface area is 179 Å². The largest absolute Gasteiger partial charge is 0.242 e. The van der Waals surface area contributed by atoms with Gasteiger partial charge in [-0.3, -0.25) is 0 Å². The van der Waals surface area contributed by atoms with Crippen LogP contribution >= 0.6 is 0 Å². The number of fused-ring (bicyclic) bond motifs is 1. The molecule has 31 heavy (non-hydrogen) atoms. The van der Waals surface area contributed by atoms with Crippen molar-refractivity contribution in [2.45, 2.75) is 31.9 Å². The van der Waals surface area contributed by atoms with Crippen LogP contribution in [0.25, 0.3) is 21.9 Å². The molecule has 4 aromatic carbocycles. The zero-order valence-electron chi connectivity index (χ0n) is 17.1. The molecule has 0 saturated heterocycles. The van der Waals surface area contributed by atoms with Crippen molar-refractivity contribution < 1.29 is 17.6 Å². The van der Waals surface area contributed by atoms with E-state index in [1.165, 1.54) is 12.1 Å². The van der Waals surface area contributed by atoms with E-state index in [9.17, 15) is 13.2 Å². The van der Waals surface area contributed by atoms with E-state index in [0.29, 0.717) is 17.5 Å². The lowest BCUT2D eigenvalue weighted by Gasteiger charge is -2.22. The van der Waals surface area contributed by atoms with Gasteiger partial charge in [0.2, 0.25) is 0 Å². The van der Waals surface area contributed by atoms with Gasteiger partial charge in [-0.25, -0.2) is 17.6 Å². The van der Waals surface area contributed by atoms with Gasteiger partial charge in [0, 0.05) is 17.5 Å². The van der Waals surface area contributed by atoms with Crippen molar-refractivity contribution >= 4 is 10.8 Å². The minimum absolute atomic E-state index is 0.0820. The van der Waals surface area contributed by atoms with Crippen molar-refractivity contribution in [3.8, 4) is 11.1 Å². The summed E-state index contributed by atoms with van der Waals surface area (Å²) >= 11 is 0. The predicted molar refractivity (Wildman–Crippen MR) is 117 cm³/mol. The van der Waals surface area contributed by atoms with Gasteiger partial charge >= 0.3 is 0 Å². The summed E-state index contributed by atoms with van der Waals surface area (Å²) in [6.07, 6.45) is -0.0279. The van der Waals surface area contributed by atoms with Gasteiger partial charge in [0.05, 0.1) is 0 Å². The minimum atomic E-state index is -1.30. The molecule has 0 heterocycles. The van der Waals surface area contributed by atoms with Crippen LogP contribution in [-0.2, 0) is 0 Å². The maximum atomic E-state index is 15.6. The highest BCUT2D eigenvalue weighted by Gasteiger charge is 2.25. The SMILES string of the molecule is CCCC(c1ccc(-c2cc(F)cc(F)c2)c(F)c1)C(F)c1ccc2ccccc2c1. The van der Waals surface area contributed by atoms with Gasteiger partial charge < -0.3 is 0 Å². The molecule has 0 N–H and O–H groups in total. The molecule has 0 aliphatic rings. The maximum Gasteiger partial charge on any atom is 0.132 e. The molecule has 4 aromatic rings. The molecule has 4 rings (SSSR count). The topological polar surface area (TPSA) is 0 Å². The van der Waals surface area contributed by atoms with Crippen molar-refractivity contribution in [1.82, 2.24) is 0 Å². The number of halogens is 4. The van der Waals surface area contributed by atoms with Gasteiger partial charge in [0.25, 0.3) is 0 Å². The zero-order valence-corrected chi connectivity index (χ0v) is 17.1. The minimum Gasteiger partial charge on any atom is -0.242 e. The smallest absolute Gasteiger partial charge is 0.132 e. The lowest BCUT2D eigenvalue weighted by atomic mass is 9.85. The summed E-state index contributed by atoms with van der Waals surface area (Å²) in [7, 11) is 0. The van der Waals surface area contributed by atoms with Crippen LogP contribution in [0.4, 0.5) is 17.6 Å². The highest BCUT2D eigenvalue weighted by Crippen LogP contribution is 2.40. The summed E-state index contributed by atoms with van der Waals surface area (Å²) in [5.74, 6) is -2.71. The van der Waals surface area contributed by atoms with E-state index in [-0.39, 0.29) is 11.1 Å². The molecule has 0 amide bonds. The predicted octanol–water partition coefficient (Wildman–Crippen LogP) is 8.52. The molecule has 0 fully saturated rings. The third kappa shape index (κ3) is 4.48. The lowest BCUT2D eigenvalue weighted by Crippen LogP contribution is -2.08. The average Bonchev–Trinajstić information content (AvgIpc) is 2.76. The molecule has 0 nitrogen and oxygen atoms in total. The van der Waals surface area contributed by atoms with Gasteiger partial charge in [0.1, 0.15) is 23.6 Å². The molecule has 4 heteroatoms.